The van der Waals surface area contributed by atoms with Gasteiger partial charge in [0.1, 0.15) is 0 Å². The van der Waals surface area contributed by atoms with Crippen molar-refractivity contribution in [1.29, 1.82) is 0 Å². The van der Waals surface area contributed by atoms with Gasteiger partial charge in [0.15, 0.2) is 0 Å². The van der Waals surface area contributed by atoms with Gasteiger partial charge < -0.3 is 4.90 Å². The van der Waals surface area contributed by atoms with E-state index in [2.05, 4.69) is 25.8 Å². The number of carbonyl (C=O) groups excluding carboxylic acids is 1. The van der Waals surface area contributed by atoms with Crippen molar-refractivity contribution in [2.75, 3.05) is 7.05 Å². The van der Waals surface area contributed by atoms with Gasteiger partial charge in [-0.15, -0.1) is 0 Å². The van der Waals surface area contributed by atoms with Crippen molar-refractivity contribution >= 4 is 5.91 Å². The lowest BCUT2D eigenvalue weighted by Crippen LogP contribution is -2.51. The van der Waals surface area contributed by atoms with E-state index in [1.807, 2.05) is 0 Å². The van der Waals surface area contributed by atoms with Gasteiger partial charge in [0.05, 0.1) is 0 Å². The first-order valence-corrected chi connectivity index (χ1v) is 13.3. The second kappa shape index (κ2) is 7.86. The quantitative estimate of drug-likeness (QED) is 0.507. The zero-order valence-electron chi connectivity index (χ0n) is 19.4. The normalized spacial score (nSPS) is 47.8. The highest BCUT2D eigenvalue weighted by atomic mass is 16.2. The second-order valence-electron chi connectivity index (χ2n) is 12.3. The summed E-state index contributed by atoms with van der Waals surface area (Å²) in [7, 11) is 2.13. The molecule has 164 valence electrons. The zero-order valence-corrected chi connectivity index (χ0v) is 19.4. The molecule has 8 atom stereocenters. The first kappa shape index (κ1) is 20.4. The van der Waals surface area contributed by atoms with E-state index in [0.29, 0.717) is 17.9 Å². The molecule has 0 aliphatic heterocycles. The Morgan fingerprint density at radius 1 is 0.828 bits per heavy atom. The monoisotopic (exact) mass is 399 g/mol. The van der Waals surface area contributed by atoms with Crippen LogP contribution in [0.15, 0.2) is 0 Å². The van der Waals surface area contributed by atoms with Crippen molar-refractivity contribution in [3.63, 3.8) is 0 Å². The molecule has 2 nitrogen and oxygen atoms in total. The summed E-state index contributed by atoms with van der Waals surface area (Å²) in [5.41, 5.74) is 0.288. The van der Waals surface area contributed by atoms with Crippen LogP contribution in [0.4, 0.5) is 0 Å². The number of nitrogens with zero attached hydrogens (tertiary/aromatic N) is 1. The number of amides is 1. The predicted octanol–water partition coefficient (Wildman–Crippen LogP) is 6.68. The lowest BCUT2D eigenvalue weighted by Gasteiger charge is -2.56. The summed E-state index contributed by atoms with van der Waals surface area (Å²) in [6, 6.07) is 0.523. The minimum Gasteiger partial charge on any atom is -0.343 e. The summed E-state index contributed by atoms with van der Waals surface area (Å²) >= 11 is 0. The van der Waals surface area contributed by atoms with Crippen molar-refractivity contribution in [2.45, 2.75) is 110 Å². The molecule has 0 radical (unpaired) electrons. The zero-order chi connectivity index (χ0) is 20.2. The van der Waals surface area contributed by atoms with E-state index in [9.17, 15) is 4.79 Å². The third-order valence-electron chi connectivity index (χ3n) is 11.0. The lowest BCUT2D eigenvalue weighted by atomic mass is 9.49. The molecular formula is C27H45NO. The van der Waals surface area contributed by atoms with Gasteiger partial charge in [0.2, 0.25) is 5.91 Å². The largest absolute Gasteiger partial charge is 0.343 e. The molecule has 0 aromatic heterocycles. The summed E-state index contributed by atoms with van der Waals surface area (Å²) in [4.78, 5) is 15.9. The standard InChI is InChI=1S/C27H45NO/c1-18-9-11-21-19(17-18)10-12-23-22(21)15-16-27(2)24(23)13-14-25(27)26(29)28(3)20-7-5-4-6-8-20/h18-25H,4-17H2,1-3H3. The summed E-state index contributed by atoms with van der Waals surface area (Å²) in [5, 5.41) is 0. The minimum atomic E-state index is 0.288. The fourth-order valence-electron chi connectivity index (χ4n) is 9.39. The van der Waals surface area contributed by atoms with Crippen LogP contribution in [0.5, 0.6) is 0 Å². The van der Waals surface area contributed by atoms with Crippen molar-refractivity contribution in [2.24, 2.45) is 46.8 Å². The maximum absolute atomic E-state index is 13.7. The Hall–Kier alpha value is -0.530. The highest BCUT2D eigenvalue weighted by Crippen LogP contribution is 2.64. The van der Waals surface area contributed by atoms with Crippen LogP contribution in [-0.4, -0.2) is 23.9 Å². The average molecular weight is 400 g/mol. The molecule has 5 aliphatic rings. The Balaban J connectivity index is 1.30. The van der Waals surface area contributed by atoms with E-state index in [-0.39, 0.29) is 5.41 Å². The van der Waals surface area contributed by atoms with Gasteiger partial charge in [-0.1, -0.05) is 39.5 Å². The molecule has 8 unspecified atom stereocenters. The molecule has 1 amide bonds. The van der Waals surface area contributed by atoms with Crippen molar-refractivity contribution in [3.8, 4) is 0 Å². The molecule has 0 aromatic carbocycles. The lowest BCUT2D eigenvalue weighted by molar-refractivity contribution is -0.144. The molecule has 5 aliphatic carbocycles. The van der Waals surface area contributed by atoms with Gasteiger partial charge in [0.25, 0.3) is 0 Å². The van der Waals surface area contributed by atoms with Crippen molar-refractivity contribution < 1.29 is 4.79 Å². The van der Waals surface area contributed by atoms with E-state index >= 15 is 0 Å². The Morgan fingerprint density at radius 3 is 2.38 bits per heavy atom. The average Bonchev–Trinajstić information content (AvgIpc) is 3.10. The fourth-order valence-corrected chi connectivity index (χ4v) is 9.39. The molecule has 29 heavy (non-hydrogen) atoms. The Labute approximate surface area is 179 Å². The first-order valence-electron chi connectivity index (χ1n) is 13.3. The Kier molecular flexibility index (Phi) is 5.53. The summed E-state index contributed by atoms with van der Waals surface area (Å²) in [6.07, 6.45) is 19.2. The van der Waals surface area contributed by atoms with Gasteiger partial charge in [0, 0.05) is 19.0 Å². The highest BCUT2D eigenvalue weighted by Gasteiger charge is 2.58. The summed E-state index contributed by atoms with van der Waals surface area (Å²) in [5.74, 6) is 6.59. The Morgan fingerprint density at radius 2 is 1.59 bits per heavy atom. The van der Waals surface area contributed by atoms with E-state index in [0.717, 1.165) is 35.5 Å². The number of carbonyl (C=O) groups is 1. The van der Waals surface area contributed by atoms with E-state index in [1.165, 1.54) is 89.9 Å². The molecular weight excluding hydrogens is 354 g/mol. The van der Waals surface area contributed by atoms with Crippen molar-refractivity contribution in [1.82, 2.24) is 4.90 Å². The van der Waals surface area contributed by atoms with Crippen molar-refractivity contribution in [3.05, 3.63) is 0 Å². The maximum Gasteiger partial charge on any atom is 0.226 e. The number of fused-ring (bicyclic) bond motifs is 5. The smallest absolute Gasteiger partial charge is 0.226 e. The molecule has 5 saturated carbocycles. The van der Waals surface area contributed by atoms with Gasteiger partial charge in [-0.3, -0.25) is 4.79 Å². The van der Waals surface area contributed by atoms with Gasteiger partial charge >= 0.3 is 0 Å². The van der Waals surface area contributed by atoms with Crippen LogP contribution in [0.1, 0.15) is 104 Å². The maximum atomic E-state index is 13.7. The number of hydrogen-bond acceptors (Lipinski definition) is 1. The third-order valence-corrected chi connectivity index (χ3v) is 11.0. The molecule has 0 spiro atoms. The Bertz CT molecular complexity index is 610. The minimum absolute atomic E-state index is 0.288. The van der Waals surface area contributed by atoms with Gasteiger partial charge in [-0.2, -0.15) is 0 Å². The molecule has 5 fully saturated rings. The molecule has 0 N–H and O–H groups in total. The molecule has 0 saturated heterocycles. The van der Waals surface area contributed by atoms with E-state index in [1.54, 1.807) is 0 Å². The van der Waals surface area contributed by atoms with Crippen LogP contribution < -0.4 is 0 Å². The van der Waals surface area contributed by atoms with Crippen LogP contribution >= 0.6 is 0 Å². The van der Waals surface area contributed by atoms with Crippen LogP contribution in [0, 0.1) is 46.8 Å². The van der Waals surface area contributed by atoms with Gasteiger partial charge in [-0.05, 0) is 105 Å². The van der Waals surface area contributed by atoms with E-state index in [4.69, 9.17) is 0 Å². The molecule has 2 heteroatoms. The van der Waals surface area contributed by atoms with Gasteiger partial charge in [-0.25, -0.2) is 0 Å². The van der Waals surface area contributed by atoms with E-state index < -0.39 is 0 Å². The topological polar surface area (TPSA) is 20.3 Å². The second-order valence-corrected chi connectivity index (χ2v) is 12.3. The predicted molar refractivity (Wildman–Crippen MR) is 119 cm³/mol. The SMILES string of the molecule is CC1CCC2C(CCC3C2CCC2(C)C(C(=O)N(C)C4CCCCC4)CCC32)C1. The van der Waals surface area contributed by atoms with Crippen LogP contribution in [0.25, 0.3) is 0 Å². The fraction of sp³-hybridized carbons (Fsp3) is 0.963. The molecule has 0 aromatic rings. The molecule has 5 rings (SSSR count). The van der Waals surface area contributed by atoms with Crippen LogP contribution in [-0.2, 0) is 4.79 Å². The van der Waals surface area contributed by atoms with Crippen LogP contribution in [0.2, 0.25) is 0 Å². The highest BCUT2D eigenvalue weighted by molar-refractivity contribution is 5.80. The first-order chi connectivity index (χ1) is 14.0. The molecule has 0 heterocycles. The summed E-state index contributed by atoms with van der Waals surface area (Å²) in [6.45, 7) is 5.02. The number of rotatable bonds is 2. The number of hydrogen-bond donors (Lipinski definition) is 0. The van der Waals surface area contributed by atoms with Crippen LogP contribution in [0.3, 0.4) is 0 Å². The summed E-state index contributed by atoms with van der Waals surface area (Å²) < 4.78 is 0. The molecule has 0 bridgehead atoms. The third kappa shape index (κ3) is 3.39.